The van der Waals surface area contributed by atoms with Crippen LogP contribution in [0.15, 0.2) is 77.9 Å². The Morgan fingerprint density at radius 1 is 0.939 bits per heavy atom. The van der Waals surface area contributed by atoms with Gasteiger partial charge in [0.2, 0.25) is 6.23 Å². The third kappa shape index (κ3) is 4.61. The molecular formula is C29H32N2O2. The van der Waals surface area contributed by atoms with E-state index in [-0.39, 0.29) is 12.3 Å². The molecule has 2 heterocycles. The van der Waals surface area contributed by atoms with Gasteiger partial charge in [-0.15, -0.1) is 0 Å². The number of hydrazone groups is 1. The van der Waals surface area contributed by atoms with Crippen LogP contribution in [0.25, 0.3) is 0 Å². The molecule has 0 saturated carbocycles. The summed E-state index contributed by atoms with van der Waals surface area (Å²) >= 11 is 0. The van der Waals surface area contributed by atoms with Gasteiger partial charge in [0.15, 0.2) is 0 Å². The zero-order chi connectivity index (χ0) is 22.6. The van der Waals surface area contributed by atoms with Gasteiger partial charge < -0.3 is 9.47 Å². The van der Waals surface area contributed by atoms with Crippen molar-refractivity contribution in [3.8, 4) is 11.5 Å². The van der Waals surface area contributed by atoms with E-state index >= 15 is 0 Å². The minimum atomic E-state index is -0.258. The Morgan fingerprint density at radius 2 is 1.73 bits per heavy atom. The number of hydrogen-bond donors (Lipinski definition) is 0. The van der Waals surface area contributed by atoms with Crippen LogP contribution in [0.3, 0.4) is 0 Å². The maximum absolute atomic E-state index is 6.48. The van der Waals surface area contributed by atoms with Crippen LogP contribution in [-0.2, 0) is 0 Å². The molecule has 3 aromatic rings. The third-order valence-corrected chi connectivity index (χ3v) is 6.52. The van der Waals surface area contributed by atoms with Crippen LogP contribution < -0.4 is 9.47 Å². The molecule has 33 heavy (non-hydrogen) atoms. The number of benzene rings is 3. The molecule has 0 unspecified atom stereocenters. The predicted molar refractivity (Wildman–Crippen MR) is 133 cm³/mol. The molecule has 0 amide bonds. The highest BCUT2D eigenvalue weighted by molar-refractivity contribution is 6.02. The summed E-state index contributed by atoms with van der Waals surface area (Å²) in [6.45, 7) is 5.11. The van der Waals surface area contributed by atoms with Crippen molar-refractivity contribution < 1.29 is 9.47 Å². The Kier molecular flexibility index (Phi) is 6.34. The van der Waals surface area contributed by atoms with Crippen LogP contribution in [0.4, 0.5) is 0 Å². The Labute approximate surface area is 196 Å². The Balaban J connectivity index is 1.38. The summed E-state index contributed by atoms with van der Waals surface area (Å²) in [5.41, 5.74) is 5.83. The number of fused-ring (bicyclic) bond motifs is 3. The van der Waals surface area contributed by atoms with Crippen LogP contribution in [0.1, 0.15) is 73.6 Å². The second-order valence-electron chi connectivity index (χ2n) is 9.00. The molecule has 4 heteroatoms. The maximum atomic E-state index is 6.48. The van der Waals surface area contributed by atoms with E-state index in [9.17, 15) is 0 Å². The van der Waals surface area contributed by atoms with Gasteiger partial charge in [-0.05, 0) is 49.2 Å². The van der Waals surface area contributed by atoms with Gasteiger partial charge in [-0.1, -0.05) is 74.2 Å². The summed E-state index contributed by atoms with van der Waals surface area (Å²) in [5, 5.41) is 7.20. The van der Waals surface area contributed by atoms with Crippen LogP contribution in [0, 0.1) is 6.92 Å². The van der Waals surface area contributed by atoms with E-state index in [2.05, 4.69) is 85.6 Å². The average molecular weight is 441 g/mol. The highest BCUT2D eigenvalue weighted by Gasteiger charge is 2.40. The number of hydrogen-bond acceptors (Lipinski definition) is 4. The molecule has 4 nitrogen and oxygen atoms in total. The summed E-state index contributed by atoms with van der Waals surface area (Å²) in [4.78, 5) is 0. The fraction of sp³-hybridized carbons (Fsp3) is 0.345. The molecule has 0 N–H and O–H groups in total. The van der Waals surface area contributed by atoms with Crippen LogP contribution in [0.2, 0.25) is 0 Å². The molecule has 0 radical (unpaired) electrons. The zero-order valence-corrected chi connectivity index (χ0v) is 19.5. The smallest absolute Gasteiger partial charge is 0.213 e. The molecule has 0 aromatic heterocycles. The summed E-state index contributed by atoms with van der Waals surface area (Å²) < 4.78 is 12.4. The average Bonchev–Trinajstić information content (AvgIpc) is 3.30. The second kappa shape index (κ2) is 9.70. The van der Waals surface area contributed by atoms with E-state index in [1.54, 1.807) is 0 Å². The summed E-state index contributed by atoms with van der Waals surface area (Å²) in [5.74, 6) is 1.86. The van der Waals surface area contributed by atoms with Gasteiger partial charge in [-0.2, -0.15) is 5.10 Å². The maximum Gasteiger partial charge on any atom is 0.213 e. The minimum absolute atomic E-state index is 0.172. The predicted octanol–water partition coefficient (Wildman–Crippen LogP) is 7.20. The molecule has 0 bridgehead atoms. The van der Waals surface area contributed by atoms with E-state index in [0.29, 0.717) is 0 Å². The standard InChI is InChI=1S/C29H32N2O2/c1-3-4-5-8-19-32-24-17-15-23(16-18-24)29-31-27(25-9-6-7-10-28(25)33-29)20-26(30-31)22-13-11-21(2)12-14-22/h6-7,9-18,27,29H,3-5,8,19-20H2,1-2H3/t27-,29-/m1/s1. The van der Waals surface area contributed by atoms with Gasteiger partial charge in [-0.3, -0.25) is 0 Å². The normalized spacial score (nSPS) is 18.8. The molecule has 3 aromatic carbocycles. The largest absolute Gasteiger partial charge is 0.494 e. The Morgan fingerprint density at radius 3 is 2.52 bits per heavy atom. The van der Waals surface area contributed by atoms with Gasteiger partial charge in [0.25, 0.3) is 0 Å². The minimum Gasteiger partial charge on any atom is -0.494 e. The molecular weight excluding hydrogens is 408 g/mol. The lowest BCUT2D eigenvalue weighted by atomic mass is 9.95. The van der Waals surface area contributed by atoms with E-state index in [0.717, 1.165) is 42.2 Å². The Hall–Kier alpha value is -3.27. The number of aryl methyl sites for hydroxylation is 1. The summed E-state index contributed by atoms with van der Waals surface area (Å²) in [7, 11) is 0. The Bertz CT molecular complexity index is 1110. The van der Waals surface area contributed by atoms with Crippen LogP contribution in [-0.4, -0.2) is 17.3 Å². The molecule has 0 spiro atoms. The van der Waals surface area contributed by atoms with Crippen molar-refractivity contribution in [1.82, 2.24) is 5.01 Å². The van der Waals surface area contributed by atoms with E-state index in [1.165, 1.54) is 36.0 Å². The molecule has 2 atom stereocenters. The van der Waals surface area contributed by atoms with Gasteiger partial charge in [0, 0.05) is 17.5 Å². The number of nitrogens with zero attached hydrogens (tertiary/aromatic N) is 2. The van der Waals surface area contributed by atoms with Crippen molar-refractivity contribution >= 4 is 5.71 Å². The van der Waals surface area contributed by atoms with Crippen LogP contribution in [0.5, 0.6) is 11.5 Å². The van der Waals surface area contributed by atoms with Gasteiger partial charge in [0.1, 0.15) is 11.5 Å². The molecule has 0 aliphatic carbocycles. The lowest BCUT2D eigenvalue weighted by Gasteiger charge is -2.38. The lowest BCUT2D eigenvalue weighted by Crippen LogP contribution is -2.33. The summed E-state index contributed by atoms with van der Waals surface area (Å²) in [6, 6.07) is 25.5. The molecule has 170 valence electrons. The first-order valence-corrected chi connectivity index (χ1v) is 12.1. The quantitative estimate of drug-likeness (QED) is 0.347. The highest BCUT2D eigenvalue weighted by Crippen LogP contribution is 2.47. The lowest BCUT2D eigenvalue weighted by molar-refractivity contribution is -0.0190. The van der Waals surface area contributed by atoms with E-state index in [1.807, 2.05) is 6.07 Å². The first-order valence-electron chi connectivity index (χ1n) is 12.1. The van der Waals surface area contributed by atoms with Crippen molar-refractivity contribution in [3.63, 3.8) is 0 Å². The SMILES string of the molecule is CCCCCCOc1ccc([C@H]2Oc3ccccc3[C@H]3CC(c4ccc(C)cc4)=NN32)cc1. The van der Waals surface area contributed by atoms with Crippen molar-refractivity contribution in [1.29, 1.82) is 0 Å². The number of para-hydroxylation sites is 1. The van der Waals surface area contributed by atoms with E-state index < -0.39 is 0 Å². The van der Waals surface area contributed by atoms with Crippen molar-refractivity contribution in [3.05, 3.63) is 95.1 Å². The summed E-state index contributed by atoms with van der Waals surface area (Å²) in [6.07, 6.45) is 5.45. The van der Waals surface area contributed by atoms with Crippen molar-refractivity contribution in [2.45, 2.75) is 58.2 Å². The van der Waals surface area contributed by atoms with E-state index in [4.69, 9.17) is 14.6 Å². The molecule has 5 rings (SSSR count). The van der Waals surface area contributed by atoms with Crippen molar-refractivity contribution in [2.24, 2.45) is 5.10 Å². The number of rotatable bonds is 8. The number of unbranched alkanes of at least 4 members (excludes halogenated alkanes) is 3. The number of ether oxygens (including phenoxy) is 2. The first-order chi connectivity index (χ1) is 16.2. The molecule has 2 aliphatic rings. The van der Waals surface area contributed by atoms with Gasteiger partial charge >= 0.3 is 0 Å². The highest BCUT2D eigenvalue weighted by atomic mass is 16.5. The molecule has 2 aliphatic heterocycles. The third-order valence-electron chi connectivity index (χ3n) is 6.52. The fourth-order valence-corrected chi connectivity index (χ4v) is 4.62. The monoisotopic (exact) mass is 440 g/mol. The van der Waals surface area contributed by atoms with Crippen LogP contribution >= 0.6 is 0 Å². The van der Waals surface area contributed by atoms with Gasteiger partial charge in [-0.25, -0.2) is 5.01 Å². The second-order valence-corrected chi connectivity index (χ2v) is 9.00. The van der Waals surface area contributed by atoms with Crippen molar-refractivity contribution in [2.75, 3.05) is 6.61 Å². The zero-order valence-electron chi connectivity index (χ0n) is 19.5. The molecule has 0 saturated heterocycles. The topological polar surface area (TPSA) is 34.1 Å². The van der Waals surface area contributed by atoms with Gasteiger partial charge in [0.05, 0.1) is 18.4 Å². The first kappa shape index (κ1) is 21.6. The fourth-order valence-electron chi connectivity index (χ4n) is 4.62. The molecule has 0 fully saturated rings.